The van der Waals surface area contributed by atoms with E-state index in [-0.39, 0.29) is 0 Å². The molecule has 15 heavy (non-hydrogen) atoms. The number of nitrogen functional groups attached to an aromatic ring is 1. The van der Waals surface area contributed by atoms with Crippen LogP contribution >= 0.6 is 0 Å². The van der Waals surface area contributed by atoms with Crippen LogP contribution in [0.3, 0.4) is 0 Å². The Kier molecular flexibility index (Phi) is 2.53. The molecular weight excluding hydrogens is 190 g/mol. The van der Waals surface area contributed by atoms with Crippen LogP contribution in [0.5, 0.6) is 0 Å². The van der Waals surface area contributed by atoms with Crippen molar-refractivity contribution in [3.63, 3.8) is 0 Å². The summed E-state index contributed by atoms with van der Waals surface area (Å²) >= 11 is 0. The first kappa shape index (κ1) is 9.51. The van der Waals surface area contributed by atoms with Crippen LogP contribution in [0.2, 0.25) is 0 Å². The SMILES string of the molecule is Cc1nc(NCc2ccn[nH]2)ccc1N. The number of nitrogens with one attached hydrogen (secondary N) is 2. The van der Waals surface area contributed by atoms with Gasteiger partial charge in [0, 0.05) is 6.20 Å². The number of aromatic nitrogens is 3. The van der Waals surface area contributed by atoms with Crippen LogP contribution in [-0.4, -0.2) is 15.2 Å². The van der Waals surface area contributed by atoms with E-state index in [1.54, 1.807) is 6.20 Å². The lowest BCUT2D eigenvalue weighted by molar-refractivity contribution is 0.972. The zero-order valence-electron chi connectivity index (χ0n) is 8.49. The Morgan fingerprint density at radius 2 is 2.27 bits per heavy atom. The Bertz CT molecular complexity index is 435. The lowest BCUT2D eigenvalue weighted by Gasteiger charge is -2.05. The molecule has 2 heterocycles. The first-order valence-corrected chi connectivity index (χ1v) is 4.71. The average molecular weight is 203 g/mol. The fourth-order valence-corrected chi connectivity index (χ4v) is 1.24. The number of aromatic amines is 1. The highest BCUT2D eigenvalue weighted by Crippen LogP contribution is 2.12. The number of aryl methyl sites for hydroxylation is 1. The lowest BCUT2D eigenvalue weighted by atomic mass is 10.3. The maximum Gasteiger partial charge on any atom is 0.126 e. The number of nitrogens with two attached hydrogens (primary N) is 1. The quantitative estimate of drug-likeness (QED) is 0.702. The van der Waals surface area contributed by atoms with E-state index in [9.17, 15) is 0 Å². The molecule has 0 aliphatic heterocycles. The summed E-state index contributed by atoms with van der Waals surface area (Å²) < 4.78 is 0. The minimum atomic E-state index is 0.677. The predicted molar refractivity (Wildman–Crippen MR) is 59.3 cm³/mol. The van der Waals surface area contributed by atoms with Crippen molar-refractivity contribution in [3.8, 4) is 0 Å². The molecule has 0 unspecified atom stereocenters. The Balaban J connectivity index is 2.02. The Hall–Kier alpha value is -2.04. The highest BCUT2D eigenvalue weighted by Gasteiger charge is 1.98. The summed E-state index contributed by atoms with van der Waals surface area (Å²) in [6, 6.07) is 5.62. The van der Waals surface area contributed by atoms with Crippen molar-refractivity contribution in [1.82, 2.24) is 15.2 Å². The number of rotatable bonds is 3. The molecule has 0 spiro atoms. The van der Waals surface area contributed by atoms with Crippen LogP contribution in [0, 0.1) is 6.92 Å². The number of hydrogen-bond acceptors (Lipinski definition) is 4. The van der Waals surface area contributed by atoms with Crippen LogP contribution in [-0.2, 0) is 6.54 Å². The van der Waals surface area contributed by atoms with Gasteiger partial charge in [-0.2, -0.15) is 5.10 Å². The smallest absolute Gasteiger partial charge is 0.126 e. The molecular formula is C10H13N5. The second kappa shape index (κ2) is 4.00. The molecule has 0 saturated carbocycles. The molecule has 0 amide bonds. The Morgan fingerprint density at radius 1 is 1.40 bits per heavy atom. The summed E-state index contributed by atoms with van der Waals surface area (Å²) in [5, 5.41) is 9.91. The molecule has 0 atom stereocenters. The molecule has 78 valence electrons. The highest BCUT2D eigenvalue weighted by atomic mass is 15.1. The summed E-state index contributed by atoms with van der Waals surface area (Å²) in [6.07, 6.45) is 1.72. The first-order chi connectivity index (χ1) is 7.25. The number of hydrogen-bond donors (Lipinski definition) is 3. The third-order valence-corrected chi connectivity index (χ3v) is 2.15. The third-order valence-electron chi connectivity index (χ3n) is 2.15. The van der Waals surface area contributed by atoms with E-state index in [1.807, 2.05) is 25.1 Å². The molecule has 2 aromatic heterocycles. The number of nitrogens with zero attached hydrogens (tertiary/aromatic N) is 2. The van der Waals surface area contributed by atoms with Crippen molar-refractivity contribution in [2.24, 2.45) is 0 Å². The monoisotopic (exact) mass is 203 g/mol. The molecule has 0 aliphatic carbocycles. The zero-order chi connectivity index (χ0) is 10.7. The van der Waals surface area contributed by atoms with Gasteiger partial charge in [-0.25, -0.2) is 4.98 Å². The van der Waals surface area contributed by atoms with E-state index < -0.39 is 0 Å². The third kappa shape index (κ3) is 2.25. The molecule has 0 fully saturated rings. The second-order valence-electron chi connectivity index (χ2n) is 3.31. The zero-order valence-corrected chi connectivity index (χ0v) is 8.49. The normalized spacial score (nSPS) is 10.2. The highest BCUT2D eigenvalue weighted by molar-refractivity contribution is 5.49. The van der Waals surface area contributed by atoms with E-state index in [0.29, 0.717) is 12.2 Å². The van der Waals surface area contributed by atoms with Gasteiger partial charge in [0.1, 0.15) is 5.82 Å². The van der Waals surface area contributed by atoms with Gasteiger partial charge in [0.2, 0.25) is 0 Å². The lowest BCUT2D eigenvalue weighted by Crippen LogP contribution is -2.03. The van der Waals surface area contributed by atoms with Crippen LogP contribution < -0.4 is 11.1 Å². The van der Waals surface area contributed by atoms with Gasteiger partial charge in [0.25, 0.3) is 0 Å². The van der Waals surface area contributed by atoms with Crippen molar-refractivity contribution >= 4 is 11.5 Å². The molecule has 0 radical (unpaired) electrons. The van der Waals surface area contributed by atoms with E-state index >= 15 is 0 Å². The molecule has 0 bridgehead atoms. The van der Waals surface area contributed by atoms with Gasteiger partial charge in [-0.15, -0.1) is 0 Å². The maximum absolute atomic E-state index is 5.67. The van der Waals surface area contributed by atoms with Crippen LogP contribution in [0.15, 0.2) is 24.4 Å². The van der Waals surface area contributed by atoms with Crippen molar-refractivity contribution in [1.29, 1.82) is 0 Å². The molecule has 4 N–H and O–H groups in total. The summed E-state index contributed by atoms with van der Waals surface area (Å²) in [4.78, 5) is 4.30. The fourth-order valence-electron chi connectivity index (χ4n) is 1.24. The Morgan fingerprint density at radius 3 is 2.93 bits per heavy atom. The van der Waals surface area contributed by atoms with Gasteiger partial charge >= 0.3 is 0 Å². The van der Waals surface area contributed by atoms with E-state index in [1.165, 1.54) is 0 Å². The topological polar surface area (TPSA) is 79.6 Å². The van der Waals surface area contributed by atoms with Gasteiger partial charge in [0.05, 0.1) is 23.6 Å². The fraction of sp³-hybridized carbons (Fsp3) is 0.200. The minimum absolute atomic E-state index is 0.677. The molecule has 2 aromatic rings. The van der Waals surface area contributed by atoms with E-state index in [0.717, 1.165) is 17.2 Å². The first-order valence-electron chi connectivity index (χ1n) is 4.71. The van der Waals surface area contributed by atoms with Gasteiger partial charge in [-0.1, -0.05) is 0 Å². The summed E-state index contributed by atoms with van der Waals surface area (Å²) in [6.45, 7) is 2.56. The van der Waals surface area contributed by atoms with Gasteiger partial charge in [-0.3, -0.25) is 5.10 Å². The van der Waals surface area contributed by atoms with Crippen LogP contribution in [0.25, 0.3) is 0 Å². The molecule has 5 nitrogen and oxygen atoms in total. The van der Waals surface area contributed by atoms with Gasteiger partial charge < -0.3 is 11.1 Å². The van der Waals surface area contributed by atoms with E-state index in [4.69, 9.17) is 5.73 Å². The molecule has 0 saturated heterocycles. The minimum Gasteiger partial charge on any atom is -0.397 e. The maximum atomic E-state index is 5.67. The summed E-state index contributed by atoms with van der Waals surface area (Å²) in [5.74, 6) is 0.816. The van der Waals surface area contributed by atoms with Gasteiger partial charge in [-0.05, 0) is 25.1 Å². The second-order valence-corrected chi connectivity index (χ2v) is 3.31. The van der Waals surface area contributed by atoms with Crippen molar-refractivity contribution in [3.05, 3.63) is 35.8 Å². The molecule has 2 rings (SSSR count). The summed E-state index contributed by atoms with van der Waals surface area (Å²) in [7, 11) is 0. The summed E-state index contributed by atoms with van der Waals surface area (Å²) in [5.41, 5.74) is 8.24. The van der Waals surface area contributed by atoms with Crippen molar-refractivity contribution in [2.75, 3.05) is 11.1 Å². The van der Waals surface area contributed by atoms with Crippen LogP contribution in [0.4, 0.5) is 11.5 Å². The molecule has 0 aliphatic rings. The number of anilines is 2. The number of pyridine rings is 1. The number of H-pyrrole nitrogens is 1. The molecule has 0 aromatic carbocycles. The van der Waals surface area contributed by atoms with Crippen molar-refractivity contribution in [2.45, 2.75) is 13.5 Å². The van der Waals surface area contributed by atoms with Crippen molar-refractivity contribution < 1.29 is 0 Å². The van der Waals surface area contributed by atoms with E-state index in [2.05, 4.69) is 20.5 Å². The molecule has 5 heteroatoms. The van der Waals surface area contributed by atoms with Gasteiger partial charge in [0.15, 0.2) is 0 Å². The average Bonchev–Trinajstić information content (AvgIpc) is 2.73. The predicted octanol–water partition coefficient (Wildman–Crippen LogP) is 1.31. The largest absolute Gasteiger partial charge is 0.397 e. The Labute approximate surface area is 87.7 Å². The standard InChI is InChI=1S/C10H13N5/c1-7-9(11)2-3-10(14-7)12-6-8-4-5-13-15-8/h2-5H,6,11H2,1H3,(H,12,14)(H,13,15). The van der Waals surface area contributed by atoms with Crippen LogP contribution in [0.1, 0.15) is 11.4 Å².